The number of urea groups is 1. The summed E-state index contributed by atoms with van der Waals surface area (Å²) in [5.41, 5.74) is 3.47. The quantitative estimate of drug-likeness (QED) is 0.716. The molecule has 7 nitrogen and oxygen atoms in total. The highest BCUT2D eigenvalue weighted by atomic mass is 16.2. The zero-order chi connectivity index (χ0) is 23.0. The van der Waals surface area contributed by atoms with E-state index in [0.717, 1.165) is 49.4 Å². The van der Waals surface area contributed by atoms with Crippen LogP contribution in [0.2, 0.25) is 0 Å². The molecular formula is C26H30N4O3. The average molecular weight is 447 g/mol. The summed E-state index contributed by atoms with van der Waals surface area (Å²) in [5.74, 6) is -0.544. The molecule has 1 N–H and O–H groups in total. The maximum Gasteiger partial charge on any atom is 0.325 e. The van der Waals surface area contributed by atoms with Crippen LogP contribution in [0.4, 0.5) is 4.79 Å². The summed E-state index contributed by atoms with van der Waals surface area (Å²) in [4.78, 5) is 44.1. The molecule has 0 radical (unpaired) electrons. The van der Waals surface area contributed by atoms with Crippen molar-refractivity contribution in [1.82, 2.24) is 20.0 Å². The highest BCUT2D eigenvalue weighted by molar-refractivity contribution is 6.09. The fourth-order valence-corrected chi connectivity index (χ4v) is 5.15. The minimum atomic E-state index is -1.14. The molecule has 0 aromatic heterocycles. The van der Waals surface area contributed by atoms with Crippen molar-refractivity contribution >= 4 is 17.8 Å². The number of nitrogens with one attached hydrogen (secondary N) is 1. The van der Waals surface area contributed by atoms with Crippen LogP contribution in [-0.2, 0) is 34.5 Å². The summed E-state index contributed by atoms with van der Waals surface area (Å²) in [6, 6.07) is 15.8. The van der Waals surface area contributed by atoms with E-state index in [0.29, 0.717) is 13.1 Å². The highest BCUT2D eigenvalue weighted by Gasteiger charge is 2.50. The molecule has 0 unspecified atom stereocenters. The molecule has 2 aromatic carbocycles. The van der Waals surface area contributed by atoms with E-state index in [-0.39, 0.29) is 18.4 Å². The first kappa shape index (κ1) is 21.6. The number of hydrogen-bond donors (Lipinski definition) is 1. The minimum Gasteiger partial charge on any atom is -0.339 e. The second kappa shape index (κ2) is 8.63. The zero-order valence-corrected chi connectivity index (χ0v) is 19.0. The summed E-state index contributed by atoms with van der Waals surface area (Å²) in [5, 5.41) is 2.84. The maximum absolute atomic E-state index is 13.3. The molecule has 7 heteroatoms. The van der Waals surface area contributed by atoms with Crippen molar-refractivity contribution in [2.45, 2.75) is 38.3 Å². The van der Waals surface area contributed by atoms with E-state index in [4.69, 9.17) is 0 Å². The molecule has 2 fully saturated rings. The van der Waals surface area contributed by atoms with Crippen LogP contribution >= 0.6 is 0 Å². The lowest BCUT2D eigenvalue weighted by atomic mass is 9.89. The first-order valence-electron chi connectivity index (χ1n) is 11.7. The van der Waals surface area contributed by atoms with Crippen molar-refractivity contribution in [1.29, 1.82) is 0 Å². The number of rotatable bonds is 5. The third-order valence-corrected chi connectivity index (χ3v) is 7.22. The Balaban J connectivity index is 1.20. The van der Waals surface area contributed by atoms with Gasteiger partial charge in [-0.1, -0.05) is 48.5 Å². The van der Waals surface area contributed by atoms with Gasteiger partial charge in [0.15, 0.2) is 0 Å². The van der Waals surface area contributed by atoms with E-state index >= 15 is 0 Å². The van der Waals surface area contributed by atoms with E-state index in [1.54, 1.807) is 11.8 Å². The van der Waals surface area contributed by atoms with E-state index in [1.165, 1.54) is 16.7 Å². The molecule has 0 bridgehead atoms. The van der Waals surface area contributed by atoms with E-state index in [9.17, 15) is 14.4 Å². The number of fused-ring (bicyclic) bond motifs is 1. The van der Waals surface area contributed by atoms with Crippen LogP contribution in [0.25, 0.3) is 0 Å². The van der Waals surface area contributed by atoms with Crippen LogP contribution in [0.5, 0.6) is 0 Å². The molecule has 172 valence electrons. The third-order valence-electron chi connectivity index (χ3n) is 7.22. The van der Waals surface area contributed by atoms with Crippen molar-refractivity contribution in [3.63, 3.8) is 0 Å². The Bertz CT molecular complexity index is 1080. The fraction of sp³-hybridized carbons (Fsp3) is 0.423. The Morgan fingerprint density at radius 3 is 2.45 bits per heavy atom. The molecule has 0 spiro atoms. The third kappa shape index (κ3) is 4.13. The van der Waals surface area contributed by atoms with Gasteiger partial charge in [-0.2, -0.15) is 0 Å². The van der Waals surface area contributed by atoms with Crippen molar-refractivity contribution in [2.24, 2.45) is 0 Å². The van der Waals surface area contributed by atoms with Crippen LogP contribution in [0.1, 0.15) is 35.6 Å². The number of amides is 4. The average Bonchev–Trinajstić information content (AvgIpc) is 3.38. The molecule has 0 saturated carbocycles. The standard InChI is InChI=1S/C26H30N4O3/c1-26(22-11-10-20-8-5-9-21(20)16-22)24(32)30(25(33)27-26)18-23(31)29-14-12-28(13-15-29)17-19-6-3-2-4-7-19/h2-4,6-7,10-11,16H,5,8-9,12-15,17-18H2,1H3,(H,27,33)/t26-/m1/s1. The lowest BCUT2D eigenvalue weighted by Crippen LogP contribution is -2.51. The molecule has 2 aliphatic heterocycles. The van der Waals surface area contributed by atoms with Gasteiger partial charge in [-0.15, -0.1) is 0 Å². The van der Waals surface area contributed by atoms with Crippen molar-refractivity contribution in [3.05, 3.63) is 70.8 Å². The summed E-state index contributed by atoms with van der Waals surface area (Å²) in [6.07, 6.45) is 3.18. The Labute approximate surface area is 194 Å². The van der Waals surface area contributed by atoms with Crippen molar-refractivity contribution < 1.29 is 14.4 Å². The maximum atomic E-state index is 13.3. The topological polar surface area (TPSA) is 73.0 Å². The smallest absolute Gasteiger partial charge is 0.325 e. The van der Waals surface area contributed by atoms with Gasteiger partial charge < -0.3 is 10.2 Å². The Kier molecular flexibility index (Phi) is 5.66. The van der Waals surface area contributed by atoms with Crippen LogP contribution in [0.3, 0.4) is 0 Å². The molecule has 3 aliphatic rings. The molecule has 4 amide bonds. The van der Waals surface area contributed by atoms with Gasteiger partial charge in [0, 0.05) is 32.7 Å². The molecule has 2 saturated heterocycles. The zero-order valence-electron chi connectivity index (χ0n) is 19.0. The van der Waals surface area contributed by atoms with Crippen molar-refractivity contribution in [2.75, 3.05) is 32.7 Å². The largest absolute Gasteiger partial charge is 0.339 e. The van der Waals surface area contributed by atoms with Crippen molar-refractivity contribution in [3.8, 4) is 0 Å². The van der Waals surface area contributed by atoms with E-state index in [2.05, 4.69) is 28.4 Å². The Hall–Kier alpha value is -3.19. The number of imide groups is 1. The van der Waals surface area contributed by atoms with Gasteiger partial charge in [0.25, 0.3) is 5.91 Å². The first-order valence-corrected chi connectivity index (χ1v) is 11.7. The SMILES string of the molecule is C[C@]1(c2ccc3c(c2)CCC3)NC(=O)N(CC(=O)N2CCN(Cc3ccccc3)CC2)C1=O. The number of aryl methyl sites for hydroxylation is 2. The van der Waals surface area contributed by atoms with E-state index in [1.807, 2.05) is 30.3 Å². The van der Waals surface area contributed by atoms with Crippen LogP contribution in [0, 0.1) is 0 Å². The molecular weight excluding hydrogens is 416 g/mol. The summed E-state index contributed by atoms with van der Waals surface area (Å²) in [7, 11) is 0. The van der Waals surface area contributed by atoms with Gasteiger partial charge in [-0.3, -0.25) is 19.4 Å². The van der Waals surface area contributed by atoms with E-state index < -0.39 is 11.6 Å². The van der Waals surface area contributed by atoms with Gasteiger partial charge in [-0.25, -0.2) is 4.79 Å². The molecule has 33 heavy (non-hydrogen) atoms. The van der Waals surface area contributed by atoms with Gasteiger partial charge >= 0.3 is 6.03 Å². The fourth-order valence-electron chi connectivity index (χ4n) is 5.15. The summed E-state index contributed by atoms with van der Waals surface area (Å²) in [6.45, 7) is 5.10. The van der Waals surface area contributed by atoms with Crippen LogP contribution < -0.4 is 5.32 Å². The molecule has 2 aromatic rings. The van der Waals surface area contributed by atoms with Gasteiger partial charge in [0.2, 0.25) is 5.91 Å². The lowest BCUT2D eigenvalue weighted by Gasteiger charge is -2.35. The predicted molar refractivity (Wildman–Crippen MR) is 124 cm³/mol. The highest BCUT2D eigenvalue weighted by Crippen LogP contribution is 2.32. The summed E-state index contributed by atoms with van der Waals surface area (Å²) < 4.78 is 0. The normalized spacial score (nSPS) is 23.1. The van der Waals surface area contributed by atoms with Gasteiger partial charge in [0.1, 0.15) is 12.1 Å². The number of piperazine rings is 1. The molecule has 1 aliphatic carbocycles. The van der Waals surface area contributed by atoms with Crippen LogP contribution in [0.15, 0.2) is 48.5 Å². The molecule has 2 heterocycles. The molecule has 1 atom stereocenters. The predicted octanol–water partition coefficient (Wildman–Crippen LogP) is 2.29. The van der Waals surface area contributed by atoms with Gasteiger partial charge in [-0.05, 0) is 48.4 Å². The number of carbonyl (C=O) groups excluding carboxylic acids is 3. The number of carbonyl (C=O) groups is 3. The lowest BCUT2D eigenvalue weighted by molar-refractivity contribution is -0.139. The number of nitrogens with zero attached hydrogens (tertiary/aromatic N) is 3. The number of hydrogen-bond acceptors (Lipinski definition) is 4. The minimum absolute atomic E-state index is 0.184. The molecule has 5 rings (SSSR count). The van der Waals surface area contributed by atoms with Crippen LogP contribution in [-0.4, -0.2) is 65.3 Å². The Morgan fingerprint density at radius 2 is 1.70 bits per heavy atom. The first-order chi connectivity index (χ1) is 15.9. The monoisotopic (exact) mass is 446 g/mol. The summed E-state index contributed by atoms with van der Waals surface area (Å²) >= 11 is 0. The number of benzene rings is 2. The Morgan fingerprint density at radius 1 is 0.970 bits per heavy atom. The van der Waals surface area contributed by atoms with Gasteiger partial charge in [0.05, 0.1) is 0 Å². The second-order valence-corrected chi connectivity index (χ2v) is 9.43. The second-order valence-electron chi connectivity index (χ2n) is 9.43.